The Bertz CT molecular complexity index is 180. The summed E-state index contributed by atoms with van der Waals surface area (Å²) in [5, 5.41) is 0. The standard InChI is InChI=1S/C13H24O/c1-5-6-7-12(4)9-13(10-14)8-11(2)3/h9-12H,5-8H2,1-4H3/b13-9-. The maximum absolute atomic E-state index is 10.8. The predicted molar refractivity (Wildman–Crippen MR) is 62.3 cm³/mol. The van der Waals surface area contributed by atoms with Gasteiger partial charge in [-0.15, -0.1) is 0 Å². The van der Waals surface area contributed by atoms with Crippen LogP contribution in [0.25, 0.3) is 0 Å². The van der Waals surface area contributed by atoms with E-state index in [4.69, 9.17) is 0 Å². The summed E-state index contributed by atoms with van der Waals surface area (Å²) in [5.74, 6) is 1.12. The summed E-state index contributed by atoms with van der Waals surface area (Å²) in [6.45, 7) is 8.69. The van der Waals surface area contributed by atoms with Gasteiger partial charge in [0.15, 0.2) is 0 Å². The Labute approximate surface area is 88.6 Å². The van der Waals surface area contributed by atoms with Crippen LogP contribution in [-0.4, -0.2) is 6.29 Å². The second-order valence-corrected chi connectivity index (χ2v) is 4.58. The SMILES string of the molecule is CCCCC(C)/C=C(\C=O)CC(C)C. The van der Waals surface area contributed by atoms with Gasteiger partial charge in [0.25, 0.3) is 0 Å². The zero-order chi connectivity index (χ0) is 11.0. The van der Waals surface area contributed by atoms with Crippen LogP contribution in [0.15, 0.2) is 11.6 Å². The first-order chi connectivity index (χ1) is 6.60. The molecule has 0 aromatic rings. The molecule has 0 aliphatic rings. The molecular formula is C13H24O. The van der Waals surface area contributed by atoms with Gasteiger partial charge in [-0.05, 0) is 30.3 Å². The van der Waals surface area contributed by atoms with Gasteiger partial charge in [0.1, 0.15) is 6.29 Å². The predicted octanol–water partition coefficient (Wildman–Crippen LogP) is 3.98. The quantitative estimate of drug-likeness (QED) is 0.444. The maximum Gasteiger partial charge on any atom is 0.145 e. The van der Waals surface area contributed by atoms with Crippen LogP contribution in [0.4, 0.5) is 0 Å². The molecule has 0 saturated carbocycles. The van der Waals surface area contributed by atoms with Gasteiger partial charge >= 0.3 is 0 Å². The number of hydrogen-bond donors (Lipinski definition) is 0. The summed E-state index contributed by atoms with van der Waals surface area (Å²) in [6.07, 6.45) is 7.77. The summed E-state index contributed by atoms with van der Waals surface area (Å²) in [7, 11) is 0. The molecule has 14 heavy (non-hydrogen) atoms. The molecule has 0 bridgehead atoms. The lowest BCUT2D eigenvalue weighted by molar-refractivity contribution is -0.105. The van der Waals surface area contributed by atoms with Crippen molar-refractivity contribution in [3.05, 3.63) is 11.6 Å². The van der Waals surface area contributed by atoms with Gasteiger partial charge in [-0.25, -0.2) is 0 Å². The van der Waals surface area contributed by atoms with Crippen LogP contribution in [0.2, 0.25) is 0 Å². The lowest BCUT2D eigenvalue weighted by Crippen LogP contribution is -1.97. The summed E-state index contributed by atoms with van der Waals surface area (Å²) in [6, 6.07) is 0. The van der Waals surface area contributed by atoms with Crippen molar-refractivity contribution < 1.29 is 4.79 Å². The molecule has 0 fully saturated rings. The first-order valence-electron chi connectivity index (χ1n) is 5.76. The molecule has 0 aliphatic heterocycles. The van der Waals surface area contributed by atoms with Crippen LogP contribution in [0.1, 0.15) is 53.4 Å². The van der Waals surface area contributed by atoms with Gasteiger partial charge < -0.3 is 0 Å². The molecule has 1 atom stereocenters. The first kappa shape index (κ1) is 13.4. The minimum absolute atomic E-state index is 0.550. The van der Waals surface area contributed by atoms with Crippen LogP contribution in [0.5, 0.6) is 0 Å². The zero-order valence-corrected chi connectivity index (χ0v) is 10.0. The van der Waals surface area contributed by atoms with E-state index in [2.05, 4.69) is 33.8 Å². The molecule has 0 heterocycles. The second kappa shape index (κ2) is 7.78. The molecule has 0 saturated heterocycles. The van der Waals surface area contributed by atoms with Gasteiger partial charge in [-0.1, -0.05) is 46.6 Å². The van der Waals surface area contributed by atoms with Crippen LogP contribution in [0, 0.1) is 11.8 Å². The molecule has 1 heteroatoms. The van der Waals surface area contributed by atoms with E-state index in [1.54, 1.807) is 0 Å². The topological polar surface area (TPSA) is 17.1 Å². The number of carbonyl (C=O) groups is 1. The molecule has 0 amide bonds. The monoisotopic (exact) mass is 196 g/mol. The van der Waals surface area contributed by atoms with Crippen LogP contribution < -0.4 is 0 Å². The van der Waals surface area contributed by atoms with Crippen molar-refractivity contribution in [1.29, 1.82) is 0 Å². The normalized spacial score (nSPS) is 14.5. The van der Waals surface area contributed by atoms with Crippen molar-refractivity contribution >= 4 is 6.29 Å². The number of aldehydes is 1. The Kier molecular flexibility index (Phi) is 7.45. The van der Waals surface area contributed by atoms with Gasteiger partial charge in [0.2, 0.25) is 0 Å². The maximum atomic E-state index is 10.8. The Hall–Kier alpha value is -0.590. The number of unbranched alkanes of at least 4 members (excludes halogenated alkanes) is 1. The molecule has 0 spiro atoms. The van der Waals surface area contributed by atoms with Crippen molar-refractivity contribution in [3.8, 4) is 0 Å². The summed E-state index contributed by atoms with van der Waals surface area (Å²) < 4.78 is 0. The number of carbonyl (C=O) groups excluding carboxylic acids is 1. The average molecular weight is 196 g/mol. The molecule has 82 valence electrons. The molecule has 0 rings (SSSR count). The van der Waals surface area contributed by atoms with E-state index in [-0.39, 0.29) is 0 Å². The minimum Gasteiger partial charge on any atom is -0.298 e. The van der Waals surface area contributed by atoms with E-state index >= 15 is 0 Å². The molecule has 0 N–H and O–H groups in total. The molecule has 0 aromatic carbocycles. The lowest BCUT2D eigenvalue weighted by Gasteiger charge is -2.08. The van der Waals surface area contributed by atoms with E-state index in [9.17, 15) is 4.79 Å². The van der Waals surface area contributed by atoms with E-state index in [1.165, 1.54) is 19.3 Å². The highest BCUT2D eigenvalue weighted by atomic mass is 16.1. The van der Waals surface area contributed by atoms with E-state index in [1.807, 2.05) is 0 Å². The molecule has 1 unspecified atom stereocenters. The van der Waals surface area contributed by atoms with E-state index < -0.39 is 0 Å². The van der Waals surface area contributed by atoms with Crippen molar-refractivity contribution in [2.75, 3.05) is 0 Å². The summed E-state index contributed by atoms with van der Waals surface area (Å²) in [5.41, 5.74) is 0.976. The molecule has 0 aliphatic carbocycles. The van der Waals surface area contributed by atoms with E-state index in [0.717, 1.165) is 18.3 Å². The van der Waals surface area contributed by atoms with E-state index in [0.29, 0.717) is 11.8 Å². The average Bonchev–Trinajstić information content (AvgIpc) is 2.12. The Morgan fingerprint density at radius 2 is 1.93 bits per heavy atom. The number of rotatable bonds is 7. The fourth-order valence-electron chi connectivity index (χ4n) is 1.60. The fourth-order valence-corrected chi connectivity index (χ4v) is 1.60. The van der Waals surface area contributed by atoms with Gasteiger partial charge in [0.05, 0.1) is 0 Å². The summed E-state index contributed by atoms with van der Waals surface area (Å²) in [4.78, 5) is 10.8. The number of allylic oxidation sites excluding steroid dienone is 2. The Balaban J connectivity index is 4.06. The first-order valence-corrected chi connectivity index (χ1v) is 5.76. The third-order valence-electron chi connectivity index (χ3n) is 2.31. The van der Waals surface area contributed by atoms with Crippen molar-refractivity contribution in [2.45, 2.75) is 53.4 Å². The molecule has 1 nitrogen and oxygen atoms in total. The third-order valence-corrected chi connectivity index (χ3v) is 2.31. The second-order valence-electron chi connectivity index (χ2n) is 4.58. The van der Waals surface area contributed by atoms with Crippen molar-refractivity contribution in [1.82, 2.24) is 0 Å². The van der Waals surface area contributed by atoms with Gasteiger partial charge in [-0.3, -0.25) is 4.79 Å². The third kappa shape index (κ3) is 6.88. The highest BCUT2D eigenvalue weighted by Crippen LogP contribution is 2.15. The lowest BCUT2D eigenvalue weighted by atomic mass is 9.97. The van der Waals surface area contributed by atoms with Crippen molar-refractivity contribution in [3.63, 3.8) is 0 Å². The largest absolute Gasteiger partial charge is 0.298 e. The molecule has 0 aromatic heterocycles. The van der Waals surface area contributed by atoms with Crippen molar-refractivity contribution in [2.24, 2.45) is 11.8 Å². The van der Waals surface area contributed by atoms with Crippen LogP contribution in [0.3, 0.4) is 0 Å². The Morgan fingerprint density at radius 1 is 1.29 bits per heavy atom. The smallest absolute Gasteiger partial charge is 0.145 e. The van der Waals surface area contributed by atoms with Crippen LogP contribution in [-0.2, 0) is 4.79 Å². The molecular weight excluding hydrogens is 172 g/mol. The summed E-state index contributed by atoms with van der Waals surface area (Å²) >= 11 is 0. The number of hydrogen-bond acceptors (Lipinski definition) is 1. The highest BCUT2D eigenvalue weighted by molar-refractivity contribution is 5.73. The van der Waals surface area contributed by atoms with Gasteiger partial charge in [0, 0.05) is 0 Å². The minimum atomic E-state index is 0.550. The van der Waals surface area contributed by atoms with Gasteiger partial charge in [-0.2, -0.15) is 0 Å². The Morgan fingerprint density at radius 3 is 2.36 bits per heavy atom. The highest BCUT2D eigenvalue weighted by Gasteiger charge is 2.03. The molecule has 0 radical (unpaired) electrons. The zero-order valence-electron chi connectivity index (χ0n) is 10.0. The fraction of sp³-hybridized carbons (Fsp3) is 0.769. The van der Waals surface area contributed by atoms with Crippen LogP contribution >= 0.6 is 0 Å².